The van der Waals surface area contributed by atoms with Gasteiger partial charge in [-0.1, -0.05) is 6.92 Å². The molecule has 18 heavy (non-hydrogen) atoms. The molecule has 1 aromatic heterocycles. The van der Waals surface area contributed by atoms with E-state index in [1.54, 1.807) is 0 Å². The Labute approximate surface area is 114 Å². The molecular weight excluding hydrogens is 244 g/mol. The Balaban J connectivity index is 1.85. The maximum Gasteiger partial charge on any atom is 0.122 e. The molecule has 1 N–H and O–H groups in total. The molecule has 1 aliphatic rings. The molecule has 0 radical (unpaired) electrons. The number of hydrogen-bond acceptors (Lipinski definition) is 4. The van der Waals surface area contributed by atoms with Gasteiger partial charge < -0.3 is 9.73 Å². The molecule has 1 fully saturated rings. The molecule has 0 aliphatic carbocycles. The number of nitrogens with zero attached hydrogens (tertiary/aromatic N) is 1. The fraction of sp³-hybridized carbons (Fsp3) is 0.714. The van der Waals surface area contributed by atoms with Crippen molar-refractivity contribution in [3.8, 4) is 0 Å². The van der Waals surface area contributed by atoms with E-state index in [0.29, 0.717) is 0 Å². The van der Waals surface area contributed by atoms with E-state index in [2.05, 4.69) is 35.0 Å². The van der Waals surface area contributed by atoms with Crippen LogP contribution in [-0.2, 0) is 13.1 Å². The van der Waals surface area contributed by atoms with Crippen molar-refractivity contribution in [3.05, 3.63) is 23.7 Å². The molecule has 102 valence electrons. The Morgan fingerprint density at radius 2 is 2.33 bits per heavy atom. The summed E-state index contributed by atoms with van der Waals surface area (Å²) in [6.45, 7) is 7.56. The van der Waals surface area contributed by atoms with E-state index < -0.39 is 0 Å². The van der Waals surface area contributed by atoms with Crippen LogP contribution in [0.3, 0.4) is 0 Å². The standard InChI is InChI=1S/C14H24N2OS/c1-2-5-15-11-13-4-8-17-14(13)12-16-6-3-9-18-10-7-16/h4,8,15H,2-3,5-7,9-12H2,1H3. The minimum Gasteiger partial charge on any atom is -0.468 e. The van der Waals surface area contributed by atoms with Crippen molar-refractivity contribution in [1.29, 1.82) is 0 Å². The lowest BCUT2D eigenvalue weighted by Crippen LogP contribution is -2.26. The van der Waals surface area contributed by atoms with E-state index in [9.17, 15) is 0 Å². The van der Waals surface area contributed by atoms with Crippen molar-refractivity contribution < 1.29 is 4.42 Å². The first-order valence-corrected chi connectivity index (χ1v) is 8.11. The number of nitrogens with one attached hydrogen (secondary N) is 1. The van der Waals surface area contributed by atoms with Gasteiger partial charge >= 0.3 is 0 Å². The topological polar surface area (TPSA) is 28.4 Å². The van der Waals surface area contributed by atoms with Crippen molar-refractivity contribution >= 4 is 11.8 Å². The van der Waals surface area contributed by atoms with E-state index in [1.807, 2.05) is 6.26 Å². The maximum atomic E-state index is 5.65. The zero-order valence-corrected chi connectivity index (χ0v) is 12.1. The summed E-state index contributed by atoms with van der Waals surface area (Å²) in [5.74, 6) is 3.70. The third-order valence-electron chi connectivity index (χ3n) is 3.26. The van der Waals surface area contributed by atoms with Gasteiger partial charge in [-0.3, -0.25) is 4.90 Å². The number of rotatable bonds is 6. The third kappa shape index (κ3) is 4.34. The van der Waals surface area contributed by atoms with Crippen LogP contribution in [0.4, 0.5) is 0 Å². The van der Waals surface area contributed by atoms with Gasteiger partial charge in [0.2, 0.25) is 0 Å². The first kappa shape index (κ1) is 14.0. The Kier molecular flexibility index (Phi) is 6.11. The Morgan fingerprint density at radius 3 is 3.22 bits per heavy atom. The molecular formula is C14H24N2OS. The number of thioether (sulfide) groups is 1. The molecule has 2 rings (SSSR count). The van der Waals surface area contributed by atoms with Gasteiger partial charge in [-0.05, 0) is 37.8 Å². The number of hydrogen-bond donors (Lipinski definition) is 1. The molecule has 3 nitrogen and oxygen atoms in total. The smallest absolute Gasteiger partial charge is 0.122 e. The highest BCUT2D eigenvalue weighted by atomic mass is 32.2. The highest BCUT2D eigenvalue weighted by Crippen LogP contribution is 2.16. The van der Waals surface area contributed by atoms with E-state index in [1.165, 1.54) is 43.0 Å². The van der Waals surface area contributed by atoms with Gasteiger partial charge in [0.15, 0.2) is 0 Å². The van der Waals surface area contributed by atoms with Crippen molar-refractivity contribution in [1.82, 2.24) is 10.2 Å². The average molecular weight is 268 g/mol. The second kappa shape index (κ2) is 7.87. The predicted molar refractivity (Wildman–Crippen MR) is 77.9 cm³/mol. The minimum absolute atomic E-state index is 0.933. The van der Waals surface area contributed by atoms with Crippen LogP contribution >= 0.6 is 11.8 Å². The van der Waals surface area contributed by atoms with Crippen LogP contribution in [0.1, 0.15) is 31.1 Å². The fourth-order valence-corrected chi connectivity index (χ4v) is 3.15. The van der Waals surface area contributed by atoms with Crippen LogP contribution in [0.2, 0.25) is 0 Å². The number of furan rings is 1. The third-order valence-corrected chi connectivity index (χ3v) is 4.31. The van der Waals surface area contributed by atoms with E-state index in [4.69, 9.17) is 4.42 Å². The monoisotopic (exact) mass is 268 g/mol. The Hall–Kier alpha value is -0.450. The molecule has 0 aromatic carbocycles. The molecule has 1 aromatic rings. The lowest BCUT2D eigenvalue weighted by molar-refractivity contribution is 0.260. The van der Waals surface area contributed by atoms with Gasteiger partial charge in [-0.25, -0.2) is 0 Å². The summed E-state index contributed by atoms with van der Waals surface area (Å²) in [7, 11) is 0. The minimum atomic E-state index is 0.933. The van der Waals surface area contributed by atoms with Gasteiger partial charge in [0.25, 0.3) is 0 Å². The summed E-state index contributed by atoms with van der Waals surface area (Å²) >= 11 is 2.07. The molecule has 0 atom stereocenters. The zero-order chi connectivity index (χ0) is 12.6. The molecule has 1 saturated heterocycles. The fourth-order valence-electron chi connectivity index (χ4n) is 2.22. The van der Waals surface area contributed by atoms with E-state index in [0.717, 1.165) is 25.4 Å². The van der Waals surface area contributed by atoms with Gasteiger partial charge in [0.05, 0.1) is 12.8 Å². The van der Waals surface area contributed by atoms with Gasteiger partial charge in [0, 0.05) is 24.4 Å². The zero-order valence-electron chi connectivity index (χ0n) is 11.3. The molecule has 2 heterocycles. The largest absolute Gasteiger partial charge is 0.468 e. The first-order valence-electron chi connectivity index (χ1n) is 6.96. The van der Waals surface area contributed by atoms with Gasteiger partial charge in [0.1, 0.15) is 5.76 Å². The molecule has 0 bridgehead atoms. The highest BCUT2D eigenvalue weighted by molar-refractivity contribution is 7.99. The SMILES string of the molecule is CCCNCc1ccoc1CN1CCCSCC1. The first-order chi connectivity index (χ1) is 8.90. The Bertz CT molecular complexity index is 332. The van der Waals surface area contributed by atoms with Crippen LogP contribution in [-0.4, -0.2) is 36.0 Å². The molecule has 0 spiro atoms. The lowest BCUT2D eigenvalue weighted by atomic mass is 10.2. The molecule has 0 amide bonds. The van der Waals surface area contributed by atoms with Crippen molar-refractivity contribution in [3.63, 3.8) is 0 Å². The van der Waals surface area contributed by atoms with Crippen LogP contribution in [0.25, 0.3) is 0 Å². The summed E-state index contributed by atoms with van der Waals surface area (Å²) in [5.41, 5.74) is 1.32. The summed E-state index contributed by atoms with van der Waals surface area (Å²) in [6.07, 6.45) is 4.30. The second-order valence-electron chi connectivity index (χ2n) is 4.79. The predicted octanol–water partition coefficient (Wildman–Crippen LogP) is 2.72. The quantitative estimate of drug-likeness (QED) is 0.803. The summed E-state index contributed by atoms with van der Waals surface area (Å²) in [6, 6.07) is 2.10. The van der Waals surface area contributed by atoms with Gasteiger partial charge in [-0.15, -0.1) is 0 Å². The Morgan fingerprint density at radius 1 is 1.39 bits per heavy atom. The van der Waals surface area contributed by atoms with E-state index in [-0.39, 0.29) is 0 Å². The molecule has 0 unspecified atom stereocenters. The van der Waals surface area contributed by atoms with Crippen molar-refractivity contribution in [2.45, 2.75) is 32.9 Å². The normalized spacial score (nSPS) is 17.8. The second-order valence-corrected chi connectivity index (χ2v) is 6.01. The van der Waals surface area contributed by atoms with Crippen LogP contribution in [0.5, 0.6) is 0 Å². The summed E-state index contributed by atoms with van der Waals surface area (Å²) in [5, 5.41) is 3.44. The molecule has 4 heteroatoms. The van der Waals surface area contributed by atoms with Crippen molar-refractivity contribution in [2.24, 2.45) is 0 Å². The summed E-state index contributed by atoms with van der Waals surface area (Å²) in [4.78, 5) is 2.52. The van der Waals surface area contributed by atoms with E-state index >= 15 is 0 Å². The highest BCUT2D eigenvalue weighted by Gasteiger charge is 2.13. The summed E-state index contributed by atoms with van der Waals surface area (Å²) < 4.78 is 5.65. The van der Waals surface area contributed by atoms with Crippen LogP contribution < -0.4 is 5.32 Å². The maximum absolute atomic E-state index is 5.65. The van der Waals surface area contributed by atoms with Crippen LogP contribution in [0, 0.1) is 0 Å². The van der Waals surface area contributed by atoms with Crippen LogP contribution in [0.15, 0.2) is 16.7 Å². The molecule has 1 aliphatic heterocycles. The average Bonchev–Trinajstić information content (AvgIpc) is 2.65. The lowest BCUT2D eigenvalue weighted by Gasteiger charge is -2.18. The van der Waals surface area contributed by atoms with Crippen molar-refractivity contribution in [2.75, 3.05) is 31.1 Å². The molecule has 0 saturated carbocycles. The van der Waals surface area contributed by atoms with Gasteiger partial charge in [-0.2, -0.15) is 11.8 Å².